The van der Waals surface area contributed by atoms with Crippen molar-refractivity contribution < 1.29 is 4.79 Å². The second kappa shape index (κ2) is 3.08. The van der Waals surface area contributed by atoms with Gasteiger partial charge in [-0.15, -0.1) is 0 Å². The lowest BCUT2D eigenvalue weighted by Gasteiger charge is -2.55. The Labute approximate surface area is 94.5 Å². The maximum absolute atomic E-state index is 11.0. The molecule has 1 saturated carbocycles. The third kappa shape index (κ3) is 1.30. The molecule has 0 aromatic heterocycles. The zero-order valence-corrected chi connectivity index (χ0v) is 8.94. The number of hydrogen-bond donors (Lipinski definition) is 0. The van der Waals surface area contributed by atoms with Crippen LogP contribution in [0.15, 0.2) is 24.3 Å². The van der Waals surface area contributed by atoms with Crippen LogP contribution in [-0.4, -0.2) is 18.9 Å². The highest BCUT2D eigenvalue weighted by Crippen LogP contribution is 2.47. The maximum atomic E-state index is 11.0. The lowest BCUT2D eigenvalue weighted by Crippen LogP contribution is -2.62. The van der Waals surface area contributed by atoms with Crippen molar-refractivity contribution in [1.82, 2.24) is 0 Å². The fraction of sp³-hybridized carbons (Fsp3) is 0.385. The van der Waals surface area contributed by atoms with Crippen LogP contribution in [0, 0.1) is 12.0 Å². The standard InChI is InChI=1S/C13H12N2O/c1-14-10-2-4-11(5-3-10)15-8-13(9-15)6-12(16)7-13/h2-5H,6-9H2. The summed E-state index contributed by atoms with van der Waals surface area (Å²) in [5.74, 6) is 0.406. The summed E-state index contributed by atoms with van der Waals surface area (Å²) in [6.45, 7) is 8.87. The van der Waals surface area contributed by atoms with Crippen LogP contribution in [-0.2, 0) is 4.79 Å². The molecule has 0 amide bonds. The van der Waals surface area contributed by atoms with Gasteiger partial charge >= 0.3 is 0 Å². The van der Waals surface area contributed by atoms with Crippen molar-refractivity contribution in [3.8, 4) is 0 Å². The molecule has 1 spiro atoms. The van der Waals surface area contributed by atoms with E-state index in [9.17, 15) is 4.79 Å². The largest absolute Gasteiger partial charge is 0.370 e. The molecule has 1 saturated heterocycles. The van der Waals surface area contributed by atoms with Crippen LogP contribution >= 0.6 is 0 Å². The number of rotatable bonds is 1. The molecular weight excluding hydrogens is 200 g/mol. The summed E-state index contributed by atoms with van der Waals surface area (Å²) in [5, 5.41) is 0. The van der Waals surface area contributed by atoms with Gasteiger partial charge in [0.15, 0.2) is 5.69 Å². The number of hydrogen-bond acceptors (Lipinski definition) is 2. The predicted molar refractivity (Wildman–Crippen MR) is 61.6 cm³/mol. The van der Waals surface area contributed by atoms with Crippen molar-refractivity contribution in [2.45, 2.75) is 12.8 Å². The molecular formula is C13H12N2O. The molecule has 1 aliphatic heterocycles. The van der Waals surface area contributed by atoms with Gasteiger partial charge in [0, 0.05) is 37.0 Å². The van der Waals surface area contributed by atoms with E-state index in [0.717, 1.165) is 31.6 Å². The molecule has 0 unspecified atom stereocenters. The summed E-state index contributed by atoms with van der Waals surface area (Å²) in [5.41, 5.74) is 2.14. The summed E-state index contributed by atoms with van der Waals surface area (Å²) < 4.78 is 0. The zero-order valence-electron chi connectivity index (χ0n) is 8.94. The lowest BCUT2D eigenvalue weighted by molar-refractivity contribution is -0.134. The summed E-state index contributed by atoms with van der Waals surface area (Å²) >= 11 is 0. The van der Waals surface area contributed by atoms with Gasteiger partial charge in [-0.25, -0.2) is 4.85 Å². The van der Waals surface area contributed by atoms with Crippen LogP contribution < -0.4 is 4.90 Å². The van der Waals surface area contributed by atoms with Gasteiger partial charge < -0.3 is 4.90 Å². The highest BCUT2D eigenvalue weighted by atomic mass is 16.1. The highest BCUT2D eigenvalue weighted by Gasteiger charge is 2.51. The van der Waals surface area contributed by atoms with Crippen LogP contribution in [0.1, 0.15) is 12.8 Å². The summed E-state index contributed by atoms with van der Waals surface area (Å²) in [6, 6.07) is 7.67. The maximum Gasteiger partial charge on any atom is 0.187 e. The van der Waals surface area contributed by atoms with Gasteiger partial charge in [-0.3, -0.25) is 4.79 Å². The van der Waals surface area contributed by atoms with E-state index < -0.39 is 0 Å². The molecule has 3 nitrogen and oxygen atoms in total. The number of anilines is 1. The van der Waals surface area contributed by atoms with E-state index in [2.05, 4.69) is 9.74 Å². The first kappa shape index (κ1) is 9.41. The van der Waals surface area contributed by atoms with Crippen molar-refractivity contribution in [2.75, 3.05) is 18.0 Å². The Morgan fingerprint density at radius 3 is 2.31 bits per heavy atom. The van der Waals surface area contributed by atoms with Crippen molar-refractivity contribution in [3.05, 3.63) is 35.7 Å². The summed E-state index contributed by atoms with van der Waals surface area (Å²) in [6.07, 6.45) is 1.53. The Morgan fingerprint density at radius 2 is 1.81 bits per heavy atom. The third-order valence-electron chi connectivity index (χ3n) is 3.54. The normalized spacial score (nSPS) is 21.2. The molecule has 3 heteroatoms. The molecule has 0 bridgehead atoms. The Bertz CT molecular complexity index is 468. The molecule has 0 N–H and O–H groups in total. The molecule has 1 heterocycles. The minimum atomic E-state index is 0.301. The fourth-order valence-corrected chi connectivity index (χ4v) is 2.69. The fourth-order valence-electron chi connectivity index (χ4n) is 2.69. The van der Waals surface area contributed by atoms with Gasteiger partial charge in [0.1, 0.15) is 5.78 Å². The number of benzene rings is 1. The predicted octanol–water partition coefficient (Wildman–Crippen LogP) is 2.41. The molecule has 3 rings (SSSR count). The minimum Gasteiger partial charge on any atom is -0.370 e. The molecule has 2 aliphatic rings. The molecule has 1 aliphatic carbocycles. The van der Waals surface area contributed by atoms with E-state index in [1.165, 1.54) is 0 Å². The van der Waals surface area contributed by atoms with Crippen LogP contribution in [0.5, 0.6) is 0 Å². The van der Waals surface area contributed by atoms with Crippen LogP contribution in [0.25, 0.3) is 4.85 Å². The molecule has 16 heavy (non-hydrogen) atoms. The number of nitrogens with zero attached hydrogens (tertiary/aromatic N) is 2. The van der Waals surface area contributed by atoms with Crippen molar-refractivity contribution in [1.29, 1.82) is 0 Å². The number of carbonyl (C=O) groups excluding carboxylic acids is 1. The Kier molecular flexibility index (Phi) is 1.81. The van der Waals surface area contributed by atoms with Gasteiger partial charge in [0.2, 0.25) is 0 Å². The monoisotopic (exact) mass is 212 g/mol. The number of Topliss-reactive ketones (excluding diaryl/α,β-unsaturated/α-hetero) is 1. The third-order valence-corrected chi connectivity index (χ3v) is 3.54. The topological polar surface area (TPSA) is 24.7 Å². The second-order valence-electron chi connectivity index (χ2n) is 4.88. The van der Waals surface area contributed by atoms with Crippen molar-refractivity contribution in [3.63, 3.8) is 0 Å². The first-order valence-corrected chi connectivity index (χ1v) is 5.45. The highest BCUT2D eigenvalue weighted by molar-refractivity contribution is 5.87. The average Bonchev–Trinajstić information content (AvgIpc) is 2.22. The summed E-state index contributed by atoms with van der Waals surface area (Å²) in [4.78, 5) is 16.6. The van der Waals surface area contributed by atoms with Gasteiger partial charge in [-0.2, -0.15) is 0 Å². The Morgan fingerprint density at radius 1 is 1.19 bits per heavy atom. The van der Waals surface area contributed by atoms with Gasteiger partial charge in [0.25, 0.3) is 0 Å². The molecule has 0 radical (unpaired) electrons. The first-order valence-electron chi connectivity index (χ1n) is 5.45. The molecule has 2 fully saturated rings. The van der Waals surface area contributed by atoms with Gasteiger partial charge in [0.05, 0.1) is 6.57 Å². The van der Waals surface area contributed by atoms with Gasteiger partial charge in [-0.1, -0.05) is 12.1 Å². The smallest absolute Gasteiger partial charge is 0.187 e. The van der Waals surface area contributed by atoms with E-state index >= 15 is 0 Å². The zero-order chi connectivity index (χ0) is 11.2. The number of carbonyl (C=O) groups is 1. The second-order valence-corrected chi connectivity index (χ2v) is 4.88. The van der Waals surface area contributed by atoms with E-state index in [4.69, 9.17) is 6.57 Å². The SMILES string of the molecule is [C-]#[N+]c1ccc(N2CC3(CC(=O)C3)C2)cc1. The summed E-state index contributed by atoms with van der Waals surface area (Å²) in [7, 11) is 0. The quantitative estimate of drug-likeness (QED) is 0.668. The van der Waals surface area contributed by atoms with Crippen molar-refractivity contribution in [2.24, 2.45) is 5.41 Å². The van der Waals surface area contributed by atoms with E-state index in [-0.39, 0.29) is 0 Å². The minimum absolute atomic E-state index is 0.301. The van der Waals surface area contributed by atoms with E-state index in [1.54, 1.807) is 0 Å². The average molecular weight is 212 g/mol. The van der Waals surface area contributed by atoms with E-state index in [0.29, 0.717) is 16.9 Å². The van der Waals surface area contributed by atoms with Crippen LogP contribution in [0.4, 0.5) is 11.4 Å². The van der Waals surface area contributed by atoms with Crippen LogP contribution in [0.3, 0.4) is 0 Å². The van der Waals surface area contributed by atoms with E-state index in [1.807, 2.05) is 24.3 Å². The Hall–Kier alpha value is -1.82. The molecule has 1 aromatic rings. The number of ketones is 1. The molecule has 1 aromatic carbocycles. The van der Waals surface area contributed by atoms with Gasteiger partial charge in [-0.05, 0) is 12.1 Å². The molecule has 0 atom stereocenters. The van der Waals surface area contributed by atoms with Crippen molar-refractivity contribution >= 4 is 17.2 Å². The first-order chi connectivity index (χ1) is 7.71. The lowest BCUT2D eigenvalue weighted by atomic mass is 9.62. The van der Waals surface area contributed by atoms with Crippen LogP contribution in [0.2, 0.25) is 0 Å². The molecule has 80 valence electrons. The Balaban J connectivity index is 1.68.